The van der Waals surface area contributed by atoms with E-state index in [0.717, 1.165) is 36.9 Å². The Morgan fingerprint density at radius 1 is 0.925 bits per heavy atom. The molecule has 0 aromatic heterocycles. The number of carbonyl (C=O) groups excluding carboxylic acids is 2. The molecule has 40 heavy (non-hydrogen) atoms. The summed E-state index contributed by atoms with van der Waals surface area (Å²) in [5.74, 6) is 1.10. The summed E-state index contributed by atoms with van der Waals surface area (Å²) < 4.78 is 16.3. The first kappa shape index (κ1) is 27.7. The number of esters is 1. The minimum absolute atomic E-state index is 0.0875. The van der Waals surface area contributed by atoms with Gasteiger partial charge in [0, 0.05) is 17.2 Å². The van der Waals surface area contributed by atoms with Gasteiger partial charge in [-0.15, -0.1) is 0 Å². The molecule has 1 heterocycles. The quantitative estimate of drug-likeness (QED) is 0.295. The zero-order valence-corrected chi connectivity index (χ0v) is 23.5. The molecule has 0 bridgehead atoms. The van der Waals surface area contributed by atoms with Crippen LogP contribution in [0.1, 0.15) is 59.7 Å². The van der Waals surface area contributed by atoms with Gasteiger partial charge in [0.25, 0.3) is 5.91 Å². The number of rotatable bonds is 11. The monoisotopic (exact) mass is 542 g/mol. The Bertz CT molecular complexity index is 1330. The third-order valence-corrected chi connectivity index (χ3v) is 7.87. The molecule has 2 atom stereocenters. The van der Waals surface area contributed by atoms with Crippen LogP contribution >= 0.6 is 0 Å². The van der Waals surface area contributed by atoms with E-state index in [2.05, 4.69) is 5.32 Å². The number of carbonyl (C=O) groups is 2. The molecule has 210 valence electrons. The van der Waals surface area contributed by atoms with Gasteiger partial charge in [-0.2, -0.15) is 0 Å². The van der Waals surface area contributed by atoms with Crippen molar-refractivity contribution >= 4 is 17.6 Å². The first-order valence-electron chi connectivity index (χ1n) is 14.2. The Labute approximate surface area is 236 Å². The highest BCUT2D eigenvalue weighted by atomic mass is 16.5. The zero-order valence-electron chi connectivity index (χ0n) is 23.5. The number of amides is 1. The summed E-state index contributed by atoms with van der Waals surface area (Å²) in [6.07, 6.45) is 5.31. The van der Waals surface area contributed by atoms with Crippen molar-refractivity contribution in [3.05, 3.63) is 77.9 Å². The molecule has 1 amide bonds. The molecule has 1 N–H and O–H groups in total. The third kappa shape index (κ3) is 5.99. The largest absolute Gasteiger partial charge is 0.493 e. The molecule has 1 aliphatic heterocycles. The highest BCUT2D eigenvalue weighted by Gasteiger charge is 2.39. The van der Waals surface area contributed by atoms with Crippen LogP contribution in [0.3, 0.4) is 0 Å². The summed E-state index contributed by atoms with van der Waals surface area (Å²) in [5.41, 5.74) is 3.49. The van der Waals surface area contributed by atoms with Crippen LogP contribution in [0.4, 0.5) is 5.69 Å². The number of benzene rings is 3. The molecule has 2 aliphatic rings. The second-order valence-corrected chi connectivity index (χ2v) is 10.5. The van der Waals surface area contributed by atoms with Crippen LogP contribution in [-0.2, 0) is 4.74 Å². The van der Waals surface area contributed by atoms with E-state index < -0.39 is 5.97 Å². The normalized spacial score (nSPS) is 17.2. The van der Waals surface area contributed by atoms with E-state index in [1.165, 1.54) is 12.8 Å². The van der Waals surface area contributed by atoms with Gasteiger partial charge in [-0.3, -0.25) is 4.79 Å². The van der Waals surface area contributed by atoms with Crippen molar-refractivity contribution in [3.63, 3.8) is 0 Å². The SMILES string of the molecule is CCOC(=O)c1ccc(-c2ccccc2)c(N(C(=O)c2ccc(OC)c(OC)c2)C(CC2CC2)C2CCCN2)c1. The van der Waals surface area contributed by atoms with E-state index in [-0.39, 0.29) is 24.6 Å². The first-order valence-corrected chi connectivity index (χ1v) is 14.2. The number of anilines is 1. The van der Waals surface area contributed by atoms with Gasteiger partial charge in [0.1, 0.15) is 0 Å². The number of nitrogens with zero attached hydrogens (tertiary/aromatic N) is 1. The maximum atomic E-state index is 14.7. The Hall–Kier alpha value is -3.84. The smallest absolute Gasteiger partial charge is 0.338 e. The molecule has 3 aromatic carbocycles. The van der Waals surface area contributed by atoms with Gasteiger partial charge in [0.15, 0.2) is 11.5 Å². The minimum Gasteiger partial charge on any atom is -0.493 e. The molecule has 1 saturated carbocycles. The Kier molecular flexibility index (Phi) is 8.70. The summed E-state index contributed by atoms with van der Waals surface area (Å²) in [6.45, 7) is 3.00. The van der Waals surface area contributed by atoms with Gasteiger partial charge >= 0.3 is 5.97 Å². The highest BCUT2D eigenvalue weighted by molar-refractivity contribution is 6.09. The molecule has 3 aromatic rings. The van der Waals surface area contributed by atoms with Crippen molar-refractivity contribution in [3.8, 4) is 22.6 Å². The lowest BCUT2D eigenvalue weighted by Gasteiger charge is -2.37. The average molecular weight is 543 g/mol. The summed E-state index contributed by atoms with van der Waals surface area (Å²) >= 11 is 0. The fourth-order valence-electron chi connectivity index (χ4n) is 5.67. The van der Waals surface area contributed by atoms with E-state index in [0.29, 0.717) is 34.2 Å². The lowest BCUT2D eigenvalue weighted by Crippen LogP contribution is -2.51. The van der Waals surface area contributed by atoms with Gasteiger partial charge in [-0.05, 0) is 74.5 Å². The molecule has 7 nitrogen and oxygen atoms in total. The van der Waals surface area contributed by atoms with Crippen LogP contribution in [0, 0.1) is 5.92 Å². The second-order valence-electron chi connectivity index (χ2n) is 10.5. The van der Waals surface area contributed by atoms with Crippen molar-refractivity contribution in [1.82, 2.24) is 5.32 Å². The summed E-state index contributed by atoms with van der Waals surface area (Å²) in [6, 6.07) is 20.9. The van der Waals surface area contributed by atoms with Gasteiger partial charge < -0.3 is 24.4 Å². The Morgan fingerprint density at radius 2 is 1.68 bits per heavy atom. The first-order chi connectivity index (χ1) is 19.5. The van der Waals surface area contributed by atoms with Crippen molar-refractivity contribution in [2.45, 2.75) is 51.1 Å². The lowest BCUT2D eigenvalue weighted by atomic mass is 9.93. The number of ether oxygens (including phenoxy) is 3. The third-order valence-electron chi connectivity index (χ3n) is 7.87. The fraction of sp³-hybridized carbons (Fsp3) is 0.394. The van der Waals surface area contributed by atoms with Gasteiger partial charge in [0.05, 0.1) is 38.1 Å². The van der Waals surface area contributed by atoms with E-state index >= 15 is 0 Å². The lowest BCUT2D eigenvalue weighted by molar-refractivity contribution is 0.0526. The molecule has 1 saturated heterocycles. The molecule has 2 unspecified atom stereocenters. The van der Waals surface area contributed by atoms with Gasteiger partial charge in [0.2, 0.25) is 0 Å². The van der Waals surface area contributed by atoms with E-state index in [1.807, 2.05) is 47.4 Å². The van der Waals surface area contributed by atoms with Crippen LogP contribution in [0.25, 0.3) is 11.1 Å². The predicted molar refractivity (Wildman–Crippen MR) is 156 cm³/mol. The second kappa shape index (κ2) is 12.6. The topological polar surface area (TPSA) is 77.1 Å². The van der Waals surface area contributed by atoms with Gasteiger partial charge in [-0.1, -0.05) is 49.2 Å². The van der Waals surface area contributed by atoms with Gasteiger partial charge in [-0.25, -0.2) is 4.79 Å². The molecule has 7 heteroatoms. The van der Waals surface area contributed by atoms with Crippen LogP contribution in [-0.4, -0.2) is 51.3 Å². The fourth-order valence-corrected chi connectivity index (χ4v) is 5.67. The zero-order chi connectivity index (χ0) is 28.1. The van der Waals surface area contributed by atoms with E-state index in [1.54, 1.807) is 45.4 Å². The van der Waals surface area contributed by atoms with Crippen molar-refractivity contribution in [2.75, 3.05) is 32.3 Å². The van der Waals surface area contributed by atoms with E-state index in [9.17, 15) is 9.59 Å². The molecule has 5 rings (SSSR count). The predicted octanol–water partition coefficient (Wildman–Crippen LogP) is 6.12. The molecule has 1 aliphatic carbocycles. The molecule has 0 spiro atoms. The molecule has 0 radical (unpaired) electrons. The number of nitrogens with one attached hydrogen (secondary N) is 1. The Morgan fingerprint density at radius 3 is 2.33 bits per heavy atom. The van der Waals surface area contributed by atoms with Crippen LogP contribution in [0.15, 0.2) is 66.7 Å². The average Bonchev–Trinajstić information content (AvgIpc) is 3.65. The Balaban J connectivity index is 1.70. The van der Waals surface area contributed by atoms with Crippen molar-refractivity contribution in [1.29, 1.82) is 0 Å². The van der Waals surface area contributed by atoms with Crippen LogP contribution in [0.2, 0.25) is 0 Å². The number of hydrogen-bond acceptors (Lipinski definition) is 6. The minimum atomic E-state index is -0.403. The van der Waals surface area contributed by atoms with Crippen LogP contribution < -0.4 is 19.7 Å². The summed E-state index contributed by atoms with van der Waals surface area (Å²) in [5, 5.41) is 3.67. The standard InChI is InChI=1S/C33H38N2O5/c1-4-40-33(37)25-14-16-26(23-9-6-5-7-10-23)28(20-25)35(29(19-22-12-13-22)27-11-8-18-34-27)32(36)24-15-17-30(38-2)31(21-24)39-3/h5-7,9-10,14-17,20-22,27,29,34H,4,8,11-13,18-19H2,1-3H3. The van der Waals surface area contributed by atoms with Crippen LogP contribution in [0.5, 0.6) is 11.5 Å². The van der Waals surface area contributed by atoms with Crippen molar-refractivity contribution < 1.29 is 23.8 Å². The maximum Gasteiger partial charge on any atom is 0.338 e. The highest BCUT2D eigenvalue weighted by Crippen LogP contribution is 2.41. The molecular formula is C33H38N2O5. The molecular weight excluding hydrogens is 504 g/mol. The summed E-state index contributed by atoms with van der Waals surface area (Å²) in [4.78, 5) is 29.5. The van der Waals surface area contributed by atoms with Crippen molar-refractivity contribution in [2.24, 2.45) is 5.92 Å². The van der Waals surface area contributed by atoms with E-state index in [4.69, 9.17) is 14.2 Å². The number of hydrogen-bond donors (Lipinski definition) is 1. The maximum absolute atomic E-state index is 14.7. The number of methoxy groups -OCH3 is 2. The molecule has 2 fully saturated rings. The summed E-state index contributed by atoms with van der Waals surface area (Å²) in [7, 11) is 3.15.